The summed E-state index contributed by atoms with van der Waals surface area (Å²) in [4.78, 5) is 7.85. The largest absolute Gasteiger partial charge is 0.158 e. The van der Waals surface area contributed by atoms with E-state index in [2.05, 4.69) is 109 Å². The van der Waals surface area contributed by atoms with E-state index in [1.54, 1.807) is 11.8 Å². The van der Waals surface area contributed by atoms with Crippen molar-refractivity contribution in [1.82, 2.24) is 0 Å². The minimum Gasteiger partial charge on any atom is -0.0901 e. The predicted octanol–water partition coefficient (Wildman–Crippen LogP) is 13.1. The number of halogens is 12. The molecular weight excluding hydrogens is 674 g/mol. The van der Waals surface area contributed by atoms with E-state index >= 15 is 0 Å². The van der Waals surface area contributed by atoms with Crippen LogP contribution in [0.5, 0.6) is 0 Å². The molecule has 0 nitrogen and oxygen atoms in total. The normalized spacial score (nSPS) is 14.9. The van der Waals surface area contributed by atoms with Crippen molar-refractivity contribution in [3.63, 3.8) is 0 Å². The fraction of sp³-hybridized carbons (Fsp3) is 0. The smallest absolute Gasteiger partial charge is 0.0901 e. The Bertz CT molecular complexity index is 1260. The average Bonchev–Trinajstić information content (AvgIpc) is 2.79. The molecular formula is C24H20F12P2S3. The first-order valence-corrected chi connectivity index (χ1v) is 17.5. The van der Waals surface area contributed by atoms with Crippen LogP contribution in [0.25, 0.3) is 0 Å². The molecule has 0 saturated heterocycles. The Kier molecular flexibility index (Phi) is 9.91. The van der Waals surface area contributed by atoms with Crippen LogP contribution in [0.2, 0.25) is 0 Å². The van der Waals surface area contributed by atoms with Gasteiger partial charge in [-0.2, -0.15) is 0 Å². The van der Waals surface area contributed by atoms with E-state index in [0.717, 1.165) is 0 Å². The fourth-order valence-corrected chi connectivity index (χ4v) is 5.27. The molecule has 228 valence electrons. The molecule has 17 heteroatoms. The maximum Gasteiger partial charge on any atom is 0.158 e. The zero-order valence-electron chi connectivity index (χ0n) is 20.1. The van der Waals surface area contributed by atoms with Gasteiger partial charge >= 0.3 is 66.0 Å². The third kappa shape index (κ3) is 23.2. The second kappa shape index (κ2) is 11.6. The molecule has 0 N–H and O–H groups in total. The fourth-order valence-electron chi connectivity index (χ4n) is 2.62. The van der Waals surface area contributed by atoms with E-state index in [1.165, 1.54) is 52.9 Å². The van der Waals surface area contributed by atoms with Gasteiger partial charge < -0.3 is 0 Å². The standard InChI is InChI=1S/C24H18S3.2F6P/c1-3-7-19(8-4-1)25-21-11-15-23(16-12-21)27-24-17-13-22(14-18-24)26-20-9-5-2-6-10-20;2*1-7(2,3,4,5)6/h1-18H;;/q;2*-1/p+2. The van der Waals surface area contributed by atoms with Gasteiger partial charge in [0.1, 0.15) is 0 Å². The monoisotopic (exact) mass is 694 g/mol. The van der Waals surface area contributed by atoms with E-state index in [-0.39, 0.29) is 0 Å². The molecule has 0 saturated carbocycles. The zero-order chi connectivity index (χ0) is 31.1. The Morgan fingerprint density at radius 3 is 0.927 bits per heavy atom. The van der Waals surface area contributed by atoms with Gasteiger partial charge in [0, 0.05) is 33.3 Å². The second-order valence-corrected chi connectivity index (χ2v) is 15.4. The van der Waals surface area contributed by atoms with E-state index < -0.39 is 15.6 Å². The van der Waals surface area contributed by atoms with Crippen LogP contribution in [0.4, 0.5) is 50.4 Å². The topological polar surface area (TPSA) is 0 Å². The Morgan fingerprint density at radius 2 is 0.585 bits per heavy atom. The van der Waals surface area contributed by atoms with Crippen LogP contribution in [0.3, 0.4) is 0 Å². The molecule has 0 radical (unpaired) electrons. The summed E-state index contributed by atoms with van der Waals surface area (Å²) in [6, 6.07) is 38.9. The van der Waals surface area contributed by atoms with Gasteiger partial charge in [0.05, 0.1) is 0 Å². The van der Waals surface area contributed by atoms with Gasteiger partial charge in [-0.15, -0.1) is 0 Å². The van der Waals surface area contributed by atoms with Crippen LogP contribution in [0.15, 0.2) is 139 Å². The minimum absolute atomic E-state index is 1.25. The zero-order valence-corrected chi connectivity index (χ0v) is 24.5. The minimum atomic E-state index is -10.7. The van der Waals surface area contributed by atoms with Crippen LogP contribution >= 0.6 is 27.4 Å². The molecule has 0 heterocycles. The van der Waals surface area contributed by atoms with E-state index in [0.29, 0.717) is 0 Å². The summed E-state index contributed by atoms with van der Waals surface area (Å²) < 4.78 is 118. The van der Waals surface area contributed by atoms with Crippen molar-refractivity contribution in [3.05, 3.63) is 109 Å². The third-order valence-corrected chi connectivity index (χ3v) is 7.18. The predicted molar refractivity (Wildman–Crippen MR) is 148 cm³/mol. The molecule has 4 aromatic carbocycles. The Hall–Kier alpha value is -2.05. The first-order valence-electron chi connectivity index (χ1n) is 10.8. The van der Waals surface area contributed by atoms with Crippen molar-refractivity contribution in [2.45, 2.75) is 29.4 Å². The Balaban J connectivity index is 0.000000349. The molecule has 0 bridgehead atoms. The van der Waals surface area contributed by atoms with E-state index in [4.69, 9.17) is 0 Å². The Labute approximate surface area is 239 Å². The first kappa shape index (κ1) is 35.1. The molecule has 0 spiro atoms. The summed E-state index contributed by atoms with van der Waals surface area (Å²) in [5, 5.41) is 0. The van der Waals surface area contributed by atoms with Gasteiger partial charge in [-0.1, -0.05) is 48.2 Å². The van der Waals surface area contributed by atoms with E-state index in [9.17, 15) is 50.4 Å². The third-order valence-electron chi connectivity index (χ3n) is 3.94. The van der Waals surface area contributed by atoms with Crippen molar-refractivity contribution in [2.24, 2.45) is 0 Å². The number of hydrogen-bond acceptors (Lipinski definition) is 1. The number of rotatable bonds is 6. The SMILES string of the molecule is F[P-](F)(F)(F)(F)F.F[P-](F)(F)(F)(F)F.c1ccc(Sc2ccc([SH+]c3ccc([SH+]c4ccccc4)cc3)cc2)cc1. The summed E-state index contributed by atoms with van der Waals surface area (Å²) in [7, 11) is -21.3. The van der Waals surface area contributed by atoms with Crippen molar-refractivity contribution >= 4 is 50.9 Å². The van der Waals surface area contributed by atoms with Crippen molar-refractivity contribution in [1.29, 1.82) is 0 Å². The van der Waals surface area contributed by atoms with Crippen LogP contribution < -0.4 is 0 Å². The van der Waals surface area contributed by atoms with Gasteiger partial charge in [-0.3, -0.25) is 0 Å². The molecule has 0 aromatic heterocycles. The summed E-state index contributed by atoms with van der Waals surface area (Å²) in [6.07, 6.45) is 0. The maximum atomic E-state index is 9.87. The summed E-state index contributed by atoms with van der Waals surface area (Å²) >= 11 is 4.31. The summed E-state index contributed by atoms with van der Waals surface area (Å²) in [5.41, 5.74) is 0. The van der Waals surface area contributed by atoms with Gasteiger partial charge in [-0.25, -0.2) is 0 Å². The van der Waals surface area contributed by atoms with Crippen molar-refractivity contribution in [2.75, 3.05) is 0 Å². The number of benzene rings is 4. The summed E-state index contributed by atoms with van der Waals surface area (Å²) in [6.45, 7) is 0. The molecule has 0 unspecified atom stereocenters. The van der Waals surface area contributed by atoms with Gasteiger partial charge in [0.15, 0.2) is 19.6 Å². The maximum absolute atomic E-state index is 10.7. The van der Waals surface area contributed by atoms with E-state index in [1.807, 2.05) is 0 Å². The van der Waals surface area contributed by atoms with Gasteiger partial charge in [0.2, 0.25) is 0 Å². The van der Waals surface area contributed by atoms with Gasteiger partial charge in [0.25, 0.3) is 0 Å². The molecule has 0 fully saturated rings. The molecule has 0 aliphatic rings. The second-order valence-electron chi connectivity index (χ2n) is 7.90. The quantitative estimate of drug-likeness (QED) is 0.0838. The Morgan fingerprint density at radius 1 is 0.341 bits per heavy atom. The molecule has 4 aromatic rings. The van der Waals surface area contributed by atoms with Crippen LogP contribution in [-0.2, 0) is 23.5 Å². The number of hydrogen-bond donors (Lipinski definition) is 0. The molecule has 0 amide bonds. The van der Waals surface area contributed by atoms with Crippen LogP contribution in [0.1, 0.15) is 0 Å². The van der Waals surface area contributed by atoms with Crippen molar-refractivity contribution in [3.8, 4) is 0 Å². The molecule has 0 aliphatic heterocycles. The van der Waals surface area contributed by atoms with Crippen LogP contribution in [0, 0.1) is 0 Å². The molecule has 0 atom stereocenters. The number of thiol groups is 2. The first-order chi connectivity index (χ1) is 18.2. The van der Waals surface area contributed by atoms with Crippen molar-refractivity contribution < 1.29 is 50.4 Å². The molecule has 41 heavy (non-hydrogen) atoms. The van der Waals surface area contributed by atoms with Gasteiger partial charge in [-0.05, 0) is 72.8 Å². The molecule has 4 rings (SSSR count). The average molecular weight is 695 g/mol. The van der Waals surface area contributed by atoms with Crippen LogP contribution in [-0.4, -0.2) is 0 Å². The summed E-state index contributed by atoms with van der Waals surface area (Å²) in [5.74, 6) is 0. The molecule has 0 aliphatic carbocycles.